The third-order valence-corrected chi connectivity index (χ3v) is 3.91. The Morgan fingerprint density at radius 1 is 1.33 bits per heavy atom. The number of rotatable bonds is 7. The largest absolute Gasteiger partial charge is 0.382 e. The fraction of sp³-hybridized carbons (Fsp3) is 0.400. The number of Topliss-reactive ketones (excluding diaryl/α,β-unsaturated/α-hetero) is 1. The van der Waals surface area contributed by atoms with Crippen molar-refractivity contribution in [3.63, 3.8) is 0 Å². The van der Waals surface area contributed by atoms with Gasteiger partial charge in [0.15, 0.2) is 0 Å². The highest BCUT2D eigenvalue weighted by molar-refractivity contribution is 7.17. The lowest BCUT2D eigenvalue weighted by Gasteiger charge is -2.01. The van der Waals surface area contributed by atoms with Crippen LogP contribution < -0.4 is 0 Å². The molecule has 3 heteroatoms. The smallest absolute Gasteiger partial charge is 0.137 e. The Morgan fingerprint density at radius 3 is 3.00 bits per heavy atom. The molecule has 2 nitrogen and oxygen atoms in total. The van der Waals surface area contributed by atoms with Crippen molar-refractivity contribution in [2.75, 3.05) is 13.2 Å². The van der Waals surface area contributed by atoms with Crippen molar-refractivity contribution in [1.29, 1.82) is 0 Å². The van der Waals surface area contributed by atoms with Gasteiger partial charge >= 0.3 is 0 Å². The maximum Gasteiger partial charge on any atom is 0.137 e. The zero-order valence-electron chi connectivity index (χ0n) is 10.6. The van der Waals surface area contributed by atoms with Crippen LogP contribution in [0.1, 0.15) is 25.3 Å². The van der Waals surface area contributed by atoms with Crippen LogP contribution in [0.2, 0.25) is 0 Å². The zero-order chi connectivity index (χ0) is 12.8. The second kappa shape index (κ2) is 6.66. The topological polar surface area (TPSA) is 26.3 Å². The van der Waals surface area contributed by atoms with Crippen LogP contribution in [0.15, 0.2) is 29.6 Å². The SMILES string of the molecule is CCOCCCC(=O)Cc1csc2ccccc12. The van der Waals surface area contributed by atoms with Crippen molar-refractivity contribution in [2.24, 2.45) is 0 Å². The number of hydrogen-bond acceptors (Lipinski definition) is 3. The van der Waals surface area contributed by atoms with Gasteiger partial charge in [0.25, 0.3) is 0 Å². The first kappa shape index (κ1) is 13.2. The first-order valence-electron chi connectivity index (χ1n) is 6.36. The second-order valence-electron chi connectivity index (χ2n) is 4.27. The normalized spacial score (nSPS) is 10.9. The van der Waals surface area contributed by atoms with Crippen molar-refractivity contribution in [3.05, 3.63) is 35.2 Å². The summed E-state index contributed by atoms with van der Waals surface area (Å²) in [7, 11) is 0. The van der Waals surface area contributed by atoms with Crippen molar-refractivity contribution in [2.45, 2.75) is 26.2 Å². The summed E-state index contributed by atoms with van der Waals surface area (Å²) in [6.07, 6.45) is 2.00. The molecule has 96 valence electrons. The standard InChI is InChI=1S/C15H18O2S/c1-2-17-9-5-6-13(16)10-12-11-18-15-8-4-3-7-14(12)15/h3-4,7-8,11H,2,5-6,9-10H2,1H3. The van der Waals surface area contributed by atoms with Gasteiger partial charge in [-0.2, -0.15) is 0 Å². The molecular formula is C15H18O2S. The molecule has 1 aromatic heterocycles. The molecule has 18 heavy (non-hydrogen) atoms. The predicted octanol–water partition coefficient (Wildman–Crippen LogP) is 3.83. The van der Waals surface area contributed by atoms with E-state index in [4.69, 9.17) is 4.74 Å². The number of ether oxygens (including phenoxy) is 1. The summed E-state index contributed by atoms with van der Waals surface area (Å²) >= 11 is 1.71. The molecule has 0 fully saturated rings. The van der Waals surface area contributed by atoms with Crippen LogP contribution in [0, 0.1) is 0 Å². The summed E-state index contributed by atoms with van der Waals surface area (Å²) in [5.41, 5.74) is 1.16. The molecule has 0 aliphatic carbocycles. The third-order valence-electron chi connectivity index (χ3n) is 2.90. The minimum atomic E-state index is 0.304. The predicted molar refractivity (Wildman–Crippen MR) is 76.3 cm³/mol. The maximum atomic E-state index is 11.9. The van der Waals surface area contributed by atoms with E-state index < -0.39 is 0 Å². The Bertz CT molecular complexity index is 516. The first-order valence-corrected chi connectivity index (χ1v) is 7.23. The summed E-state index contributed by atoms with van der Waals surface area (Å²) in [6.45, 7) is 3.38. The van der Waals surface area contributed by atoms with Gasteiger partial charge in [0.1, 0.15) is 5.78 Å². The van der Waals surface area contributed by atoms with Gasteiger partial charge in [0.05, 0.1) is 0 Å². The molecule has 0 aliphatic rings. The van der Waals surface area contributed by atoms with Crippen LogP contribution in [0.5, 0.6) is 0 Å². The highest BCUT2D eigenvalue weighted by Gasteiger charge is 2.08. The molecular weight excluding hydrogens is 244 g/mol. The molecule has 0 saturated carbocycles. The van der Waals surface area contributed by atoms with Gasteiger partial charge in [-0.1, -0.05) is 18.2 Å². The molecule has 1 aromatic carbocycles. The van der Waals surface area contributed by atoms with Crippen LogP contribution in [0.25, 0.3) is 10.1 Å². The molecule has 0 bridgehead atoms. The van der Waals surface area contributed by atoms with Gasteiger partial charge in [0, 0.05) is 30.8 Å². The fourth-order valence-electron chi connectivity index (χ4n) is 1.99. The minimum absolute atomic E-state index is 0.304. The van der Waals surface area contributed by atoms with E-state index in [0.29, 0.717) is 25.2 Å². The zero-order valence-corrected chi connectivity index (χ0v) is 11.5. The molecule has 0 amide bonds. The molecule has 0 N–H and O–H groups in total. The first-order chi connectivity index (χ1) is 8.81. The lowest BCUT2D eigenvalue weighted by molar-refractivity contribution is -0.118. The number of carbonyl (C=O) groups is 1. The quantitative estimate of drug-likeness (QED) is 0.709. The molecule has 2 aromatic rings. The maximum absolute atomic E-state index is 11.9. The number of benzene rings is 1. The van der Waals surface area contributed by atoms with E-state index in [1.807, 2.05) is 19.1 Å². The number of ketones is 1. The summed E-state index contributed by atoms with van der Waals surface area (Å²) in [5, 5.41) is 3.33. The summed E-state index contributed by atoms with van der Waals surface area (Å²) in [6, 6.07) is 8.25. The monoisotopic (exact) mass is 262 g/mol. The van der Waals surface area contributed by atoms with Crippen LogP contribution >= 0.6 is 11.3 Å². The van der Waals surface area contributed by atoms with E-state index in [-0.39, 0.29) is 0 Å². The van der Waals surface area contributed by atoms with Gasteiger partial charge < -0.3 is 4.74 Å². The van der Waals surface area contributed by atoms with Crippen LogP contribution in [-0.2, 0) is 16.0 Å². The van der Waals surface area contributed by atoms with E-state index in [1.54, 1.807) is 11.3 Å². The van der Waals surface area contributed by atoms with Crippen molar-refractivity contribution in [3.8, 4) is 0 Å². The third kappa shape index (κ3) is 3.40. The molecule has 0 spiro atoms. The van der Waals surface area contributed by atoms with E-state index in [9.17, 15) is 4.79 Å². The molecule has 0 atom stereocenters. The summed E-state index contributed by atoms with van der Waals surface area (Å²) in [5.74, 6) is 0.304. The number of carbonyl (C=O) groups excluding carboxylic acids is 1. The van der Waals surface area contributed by atoms with E-state index in [1.165, 1.54) is 10.1 Å². The van der Waals surface area contributed by atoms with Crippen LogP contribution in [0.3, 0.4) is 0 Å². The summed E-state index contributed by atoms with van der Waals surface area (Å²) < 4.78 is 6.50. The average Bonchev–Trinajstić information content (AvgIpc) is 2.78. The lowest BCUT2D eigenvalue weighted by atomic mass is 10.1. The molecule has 0 aliphatic heterocycles. The van der Waals surface area contributed by atoms with Crippen LogP contribution in [0.4, 0.5) is 0 Å². The van der Waals surface area contributed by atoms with Crippen molar-refractivity contribution >= 4 is 27.2 Å². The van der Waals surface area contributed by atoms with E-state index in [0.717, 1.165) is 18.6 Å². The average molecular weight is 262 g/mol. The fourth-order valence-corrected chi connectivity index (χ4v) is 2.95. The number of thiophene rings is 1. The Hall–Kier alpha value is -1.19. The Balaban J connectivity index is 1.91. The lowest BCUT2D eigenvalue weighted by Crippen LogP contribution is -2.04. The van der Waals surface area contributed by atoms with Gasteiger partial charge in [-0.05, 0) is 35.7 Å². The Labute approximate surface area is 112 Å². The van der Waals surface area contributed by atoms with Crippen molar-refractivity contribution < 1.29 is 9.53 Å². The van der Waals surface area contributed by atoms with Crippen LogP contribution in [-0.4, -0.2) is 19.0 Å². The molecule has 0 unspecified atom stereocenters. The molecule has 0 radical (unpaired) electrons. The second-order valence-corrected chi connectivity index (χ2v) is 5.18. The van der Waals surface area contributed by atoms with Gasteiger partial charge in [0.2, 0.25) is 0 Å². The highest BCUT2D eigenvalue weighted by atomic mass is 32.1. The summed E-state index contributed by atoms with van der Waals surface area (Å²) in [4.78, 5) is 11.9. The van der Waals surface area contributed by atoms with Gasteiger partial charge in [-0.25, -0.2) is 0 Å². The van der Waals surface area contributed by atoms with Gasteiger partial charge in [-0.15, -0.1) is 11.3 Å². The minimum Gasteiger partial charge on any atom is -0.382 e. The van der Waals surface area contributed by atoms with E-state index >= 15 is 0 Å². The van der Waals surface area contributed by atoms with Crippen molar-refractivity contribution in [1.82, 2.24) is 0 Å². The molecule has 1 heterocycles. The van der Waals surface area contributed by atoms with Gasteiger partial charge in [-0.3, -0.25) is 4.79 Å². The Morgan fingerprint density at radius 2 is 2.17 bits per heavy atom. The molecule has 0 saturated heterocycles. The molecule has 2 rings (SSSR count). The number of fused-ring (bicyclic) bond motifs is 1. The Kier molecular flexibility index (Phi) is 4.90. The van der Waals surface area contributed by atoms with E-state index in [2.05, 4.69) is 17.5 Å². The highest BCUT2D eigenvalue weighted by Crippen LogP contribution is 2.26. The number of hydrogen-bond donors (Lipinski definition) is 0.